The second-order valence-corrected chi connectivity index (χ2v) is 9.31. The molecule has 3 rings (SSSR count). The first-order chi connectivity index (χ1) is 13.0. The molecule has 1 aliphatic rings. The van der Waals surface area contributed by atoms with E-state index in [-0.39, 0.29) is 43.0 Å². The summed E-state index contributed by atoms with van der Waals surface area (Å²) in [5, 5.41) is 23.2. The van der Waals surface area contributed by atoms with Crippen molar-refractivity contribution in [3.63, 3.8) is 0 Å². The summed E-state index contributed by atoms with van der Waals surface area (Å²) in [6.07, 6.45) is -2.11. The van der Waals surface area contributed by atoms with Crippen LogP contribution in [0.4, 0.5) is 14.5 Å². The van der Waals surface area contributed by atoms with E-state index in [0.29, 0.717) is 0 Å². The average molecular weight is 437 g/mol. The molecule has 2 aromatic rings. The van der Waals surface area contributed by atoms with Crippen molar-refractivity contribution in [2.45, 2.75) is 29.1 Å². The number of nitrogens with one attached hydrogen (secondary N) is 1. The van der Waals surface area contributed by atoms with E-state index in [9.17, 15) is 25.6 Å². The molecule has 1 fully saturated rings. The van der Waals surface area contributed by atoms with Crippen LogP contribution in [0.5, 0.6) is 0 Å². The van der Waals surface area contributed by atoms with Gasteiger partial charge in [0.05, 0.1) is 5.56 Å². The number of rotatable bonds is 5. The molecule has 1 aliphatic heterocycles. The number of aromatic nitrogens is 4. The highest BCUT2D eigenvalue weighted by molar-refractivity contribution is 7.92. The normalized spacial score (nSPS) is 16.7. The van der Waals surface area contributed by atoms with Gasteiger partial charge in [0, 0.05) is 24.7 Å². The summed E-state index contributed by atoms with van der Waals surface area (Å²) in [5.74, 6) is -0.923. The lowest BCUT2D eigenvalue weighted by Gasteiger charge is -2.34. The maximum absolute atomic E-state index is 12.9. The predicted octanol–water partition coefficient (Wildman–Crippen LogP) is -0.357. The standard InChI is InChI=1S/C13H17F2N7O4S2/c14-12(15)7-3-5-22(6-4-7)8-1-2-9(27(16,23)24)11(28(17,25)26)10(8)13-18-20-21-19-13/h1-2,7,12H,3-6H2,(H2,16,23,24)(H2,17,25,26)(H,18,19,20,21). The van der Waals surface area contributed by atoms with Crippen LogP contribution in [0.3, 0.4) is 0 Å². The van der Waals surface area contributed by atoms with Gasteiger partial charge in [-0.05, 0) is 35.4 Å². The summed E-state index contributed by atoms with van der Waals surface area (Å²) in [6.45, 7) is 0.394. The number of hydrogen-bond donors (Lipinski definition) is 3. The minimum absolute atomic E-state index is 0.152. The molecule has 0 spiro atoms. The molecular weight excluding hydrogens is 420 g/mol. The summed E-state index contributed by atoms with van der Waals surface area (Å²) in [7, 11) is -9.04. The number of piperidine rings is 1. The fourth-order valence-electron chi connectivity index (χ4n) is 3.21. The topological polar surface area (TPSA) is 178 Å². The Hall–Kier alpha value is -2.23. The highest BCUT2D eigenvalue weighted by Gasteiger charge is 2.33. The van der Waals surface area contributed by atoms with E-state index in [2.05, 4.69) is 20.6 Å². The Bertz CT molecular complexity index is 1070. The van der Waals surface area contributed by atoms with Gasteiger partial charge in [-0.2, -0.15) is 0 Å². The molecular formula is C13H17F2N7O4S2. The number of primary sulfonamides is 2. The molecule has 5 N–H and O–H groups in total. The zero-order valence-corrected chi connectivity index (χ0v) is 15.9. The van der Waals surface area contributed by atoms with Crippen LogP contribution in [0.25, 0.3) is 11.4 Å². The van der Waals surface area contributed by atoms with E-state index in [4.69, 9.17) is 10.3 Å². The van der Waals surface area contributed by atoms with Crippen LogP contribution in [-0.4, -0.2) is 57.0 Å². The van der Waals surface area contributed by atoms with E-state index in [1.165, 1.54) is 6.07 Å². The second-order valence-electron chi connectivity index (χ2n) is 6.29. The quantitative estimate of drug-likeness (QED) is 0.567. The van der Waals surface area contributed by atoms with Crippen LogP contribution < -0.4 is 15.2 Å². The van der Waals surface area contributed by atoms with E-state index < -0.39 is 42.2 Å². The third-order valence-electron chi connectivity index (χ3n) is 4.51. The first-order valence-electron chi connectivity index (χ1n) is 8.00. The van der Waals surface area contributed by atoms with Gasteiger partial charge in [-0.1, -0.05) is 0 Å². The second kappa shape index (κ2) is 7.31. The zero-order chi connectivity index (χ0) is 20.7. The minimum atomic E-state index is -4.58. The van der Waals surface area contributed by atoms with Gasteiger partial charge in [-0.15, -0.1) is 5.10 Å². The van der Waals surface area contributed by atoms with E-state index in [1.807, 2.05) is 0 Å². The van der Waals surface area contributed by atoms with Gasteiger partial charge < -0.3 is 4.90 Å². The minimum Gasteiger partial charge on any atom is -0.371 e. The molecule has 0 aliphatic carbocycles. The maximum Gasteiger partial charge on any atom is 0.241 e. The van der Waals surface area contributed by atoms with Crippen molar-refractivity contribution in [3.8, 4) is 11.4 Å². The van der Waals surface area contributed by atoms with Crippen LogP contribution >= 0.6 is 0 Å². The van der Waals surface area contributed by atoms with Crippen molar-refractivity contribution >= 4 is 25.7 Å². The fraction of sp³-hybridized carbons (Fsp3) is 0.462. The Morgan fingerprint density at radius 1 is 1.11 bits per heavy atom. The van der Waals surface area contributed by atoms with Gasteiger partial charge in [-0.3, -0.25) is 0 Å². The molecule has 0 bridgehead atoms. The van der Waals surface area contributed by atoms with Crippen LogP contribution in [-0.2, 0) is 20.0 Å². The first kappa shape index (κ1) is 20.5. The maximum atomic E-state index is 12.9. The molecule has 1 saturated heterocycles. The molecule has 0 unspecified atom stereocenters. The lowest BCUT2D eigenvalue weighted by atomic mass is 9.96. The molecule has 154 valence electrons. The van der Waals surface area contributed by atoms with E-state index in [1.54, 1.807) is 4.90 Å². The number of nitrogens with zero attached hydrogens (tertiary/aromatic N) is 4. The van der Waals surface area contributed by atoms with Crippen LogP contribution in [0.15, 0.2) is 21.9 Å². The van der Waals surface area contributed by atoms with Crippen molar-refractivity contribution < 1.29 is 25.6 Å². The molecule has 0 amide bonds. The Morgan fingerprint density at radius 2 is 1.75 bits per heavy atom. The summed E-state index contributed by atoms with van der Waals surface area (Å²) in [4.78, 5) is 0.174. The Morgan fingerprint density at radius 3 is 2.21 bits per heavy atom. The third kappa shape index (κ3) is 3.96. The number of halogens is 2. The predicted molar refractivity (Wildman–Crippen MR) is 93.3 cm³/mol. The number of aromatic amines is 1. The number of alkyl halides is 2. The van der Waals surface area contributed by atoms with Gasteiger partial charge >= 0.3 is 0 Å². The van der Waals surface area contributed by atoms with Crippen LogP contribution in [0, 0.1) is 5.92 Å². The number of benzene rings is 1. The molecule has 0 atom stereocenters. The monoisotopic (exact) mass is 437 g/mol. The van der Waals surface area contributed by atoms with Crippen molar-refractivity contribution in [2.24, 2.45) is 16.2 Å². The number of H-pyrrole nitrogens is 1. The third-order valence-corrected chi connectivity index (χ3v) is 6.58. The molecule has 2 heterocycles. The SMILES string of the molecule is NS(=O)(=O)c1ccc(N2CCC(C(F)F)CC2)c(-c2nnn[nH]2)c1S(N)(=O)=O. The van der Waals surface area contributed by atoms with E-state index in [0.717, 1.165) is 6.07 Å². The number of anilines is 1. The molecule has 28 heavy (non-hydrogen) atoms. The molecule has 15 heteroatoms. The number of sulfonamides is 2. The molecule has 1 aromatic heterocycles. The zero-order valence-electron chi connectivity index (χ0n) is 14.3. The molecule has 0 saturated carbocycles. The molecule has 11 nitrogen and oxygen atoms in total. The van der Waals surface area contributed by atoms with Gasteiger partial charge in [0.15, 0.2) is 5.82 Å². The van der Waals surface area contributed by atoms with Crippen molar-refractivity contribution in [1.29, 1.82) is 0 Å². The van der Waals surface area contributed by atoms with Gasteiger partial charge in [0.1, 0.15) is 9.79 Å². The van der Waals surface area contributed by atoms with Crippen molar-refractivity contribution in [3.05, 3.63) is 12.1 Å². The highest BCUT2D eigenvalue weighted by Crippen LogP contribution is 2.39. The lowest BCUT2D eigenvalue weighted by molar-refractivity contribution is 0.0636. The molecule has 1 aromatic carbocycles. The summed E-state index contributed by atoms with van der Waals surface area (Å²) in [6, 6.07) is 2.34. The number of hydrogen-bond acceptors (Lipinski definition) is 8. The Kier molecular flexibility index (Phi) is 5.35. The average Bonchev–Trinajstić information content (AvgIpc) is 3.13. The number of tetrazole rings is 1. The highest BCUT2D eigenvalue weighted by atomic mass is 32.2. The summed E-state index contributed by atoms with van der Waals surface area (Å²) >= 11 is 0. The van der Waals surface area contributed by atoms with Crippen molar-refractivity contribution in [1.82, 2.24) is 20.6 Å². The van der Waals surface area contributed by atoms with Crippen molar-refractivity contribution in [2.75, 3.05) is 18.0 Å². The van der Waals surface area contributed by atoms with Crippen LogP contribution in [0.2, 0.25) is 0 Å². The van der Waals surface area contributed by atoms with Gasteiger partial charge in [0.25, 0.3) is 0 Å². The smallest absolute Gasteiger partial charge is 0.241 e. The Labute approximate surface area is 159 Å². The lowest BCUT2D eigenvalue weighted by Crippen LogP contribution is -2.36. The van der Waals surface area contributed by atoms with Gasteiger partial charge in [-0.25, -0.2) is 41.0 Å². The fourth-order valence-corrected chi connectivity index (χ4v) is 5.36. The number of nitrogens with two attached hydrogens (primary N) is 2. The molecule has 0 radical (unpaired) electrons. The largest absolute Gasteiger partial charge is 0.371 e. The van der Waals surface area contributed by atoms with Gasteiger partial charge in [0.2, 0.25) is 26.5 Å². The van der Waals surface area contributed by atoms with Crippen LogP contribution in [0.1, 0.15) is 12.8 Å². The summed E-state index contributed by atoms with van der Waals surface area (Å²) < 4.78 is 74.2. The Balaban J connectivity index is 2.22. The summed E-state index contributed by atoms with van der Waals surface area (Å²) in [5.41, 5.74) is 0.0530. The first-order valence-corrected chi connectivity index (χ1v) is 11.1. The van der Waals surface area contributed by atoms with E-state index >= 15 is 0 Å².